The fourth-order valence-electron chi connectivity index (χ4n) is 2.89. The molecule has 2 rings (SSSR count). The molecule has 1 saturated heterocycles. The largest absolute Gasteiger partial charge is 0.547 e. The highest BCUT2D eigenvalue weighted by Gasteiger charge is 2.48. The van der Waals surface area contributed by atoms with E-state index in [2.05, 4.69) is 5.29 Å². The zero-order chi connectivity index (χ0) is 20.1. The lowest BCUT2D eigenvalue weighted by Gasteiger charge is -2.37. The minimum Gasteiger partial charge on any atom is -0.547 e. The van der Waals surface area contributed by atoms with Crippen molar-refractivity contribution in [2.24, 2.45) is 5.29 Å². The van der Waals surface area contributed by atoms with Gasteiger partial charge in [-0.2, -0.15) is 4.57 Å². The van der Waals surface area contributed by atoms with Crippen molar-refractivity contribution < 1.29 is 39.6 Å². The zero-order valence-corrected chi connectivity index (χ0v) is 14.7. The van der Waals surface area contributed by atoms with Gasteiger partial charge in [-0.1, -0.05) is 0 Å². The fraction of sp³-hybridized carbons (Fsp3) is 0.625. The monoisotopic (exact) mass is 385 g/mol. The van der Waals surface area contributed by atoms with Gasteiger partial charge >= 0.3 is 0 Å². The maximum Gasteiger partial charge on any atom is 0.292 e. The zero-order valence-electron chi connectivity index (χ0n) is 14.7. The lowest BCUT2D eigenvalue weighted by Crippen LogP contribution is -2.65. The summed E-state index contributed by atoms with van der Waals surface area (Å²) in [4.78, 5) is 21.4. The first-order chi connectivity index (χ1) is 12.8. The molecule has 0 aromatic carbocycles. The van der Waals surface area contributed by atoms with E-state index < -0.39 is 42.7 Å². The van der Waals surface area contributed by atoms with Crippen LogP contribution >= 0.6 is 0 Å². The minimum atomic E-state index is -1.83. The maximum absolute atomic E-state index is 11.1. The Morgan fingerprint density at radius 2 is 2.07 bits per heavy atom. The Morgan fingerprint density at radius 3 is 2.70 bits per heavy atom. The predicted octanol–water partition coefficient (Wildman–Crippen LogP) is -2.87. The molecule has 1 aliphatic rings. The van der Waals surface area contributed by atoms with Gasteiger partial charge in [-0.3, -0.25) is 5.01 Å². The van der Waals surface area contributed by atoms with Gasteiger partial charge < -0.3 is 35.1 Å². The third-order valence-electron chi connectivity index (χ3n) is 4.44. The first-order valence-corrected chi connectivity index (χ1v) is 8.40. The average molecular weight is 385 g/mol. The van der Waals surface area contributed by atoms with Gasteiger partial charge in [0, 0.05) is 25.2 Å². The van der Waals surface area contributed by atoms with Crippen LogP contribution in [0.2, 0.25) is 0 Å². The highest BCUT2D eigenvalue weighted by atomic mass is 16.6. The molecular formula is C16H23N3O8. The number of aliphatic carboxylic acids is 1. The van der Waals surface area contributed by atoms with Gasteiger partial charge in [0.15, 0.2) is 18.5 Å². The molecule has 0 bridgehead atoms. The van der Waals surface area contributed by atoms with E-state index in [1.54, 1.807) is 12.1 Å². The number of pyridine rings is 1. The number of aliphatic hydroxyl groups is 4. The smallest absolute Gasteiger partial charge is 0.292 e. The first kappa shape index (κ1) is 21.1. The van der Waals surface area contributed by atoms with Crippen molar-refractivity contribution in [1.29, 1.82) is 0 Å². The third-order valence-corrected chi connectivity index (χ3v) is 4.44. The molecule has 1 aliphatic heterocycles. The van der Waals surface area contributed by atoms with Crippen LogP contribution in [0, 0.1) is 4.91 Å². The van der Waals surface area contributed by atoms with Gasteiger partial charge in [-0.25, -0.2) is 0 Å². The van der Waals surface area contributed by atoms with Crippen LogP contribution in [0.1, 0.15) is 30.7 Å². The standard InChI is InChI=1S/C16H23N3O8/c1-18(17-26)6-3-5-10(20)9-4-2-7-19(8-9)15-13(23)11(21)12(22)14(27-15)16(24)25/h2,4,7-8,10-15,20-23H,3,5-6H2,1H3/t10?,11-,12-,13+,14-,15+/m0/s1. The predicted molar refractivity (Wildman–Crippen MR) is 86.2 cm³/mol. The Hall–Kier alpha value is -2.18. The van der Waals surface area contributed by atoms with E-state index in [1.807, 2.05) is 0 Å². The van der Waals surface area contributed by atoms with Crippen LogP contribution in [0.3, 0.4) is 0 Å². The summed E-state index contributed by atoms with van der Waals surface area (Å²) in [7, 11) is 1.52. The number of hydrogen-bond donors (Lipinski definition) is 4. The normalized spacial score (nSPS) is 29.1. The number of carbonyl (C=O) groups is 1. The summed E-state index contributed by atoms with van der Waals surface area (Å²) < 4.78 is 6.50. The Kier molecular flexibility index (Phi) is 7.16. The van der Waals surface area contributed by atoms with Crippen molar-refractivity contribution in [2.75, 3.05) is 13.6 Å². The van der Waals surface area contributed by atoms with E-state index in [1.165, 1.54) is 29.0 Å². The molecule has 0 aliphatic carbocycles. The van der Waals surface area contributed by atoms with Crippen LogP contribution in [-0.2, 0) is 9.53 Å². The van der Waals surface area contributed by atoms with Crippen LogP contribution in [0.4, 0.5) is 0 Å². The molecule has 1 unspecified atom stereocenters. The van der Waals surface area contributed by atoms with Gasteiger partial charge in [-0.05, 0) is 18.9 Å². The van der Waals surface area contributed by atoms with Gasteiger partial charge in [0.1, 0.15) is 18.3 Å². The Morgan fingerprint density at radius 1 is 1.37 bits per heavy atom. The molecule has 150 valence electrons. The molecule has 11 nitrogen and oxygen atoms in total. The van der Waals surface area contributed by atoms with Crippen molar-refractivity contribution in [3.63, 3.8) is 0 Å². The average Bonchev–Trinajstić information content (AvgIpc) is 2.65. The SMILES string of the molecule is CN(CCCC(O)c1ccc[n+]([C@@H]2O[C@H](C(=O)[O-])[C@@H](O)[C@H](O)[C@H]2O)c1)N=O. The lowest BCUT2D eigenvalue weighted by molar-refractivity contribution is -0.777. The van der Waals surface area contributed by atoms with Crippen molar-refractivity contribution in [2.45, 2.75) is 49.6 Å². The summed E-state index contributed by atoms with van der Waals surface area (Å²) >= 11 is 0. The molecule has 1 aromatic heterocycles. The highest BCUT2D eigenvalue weighted by molar-refractivity contribution is 5.71. The summed E-state index contributed by atoms with van der Waals surface area (Å²) in [6.45, 7) is 0.370. The van der Waals surface area contributed by atoms with E-state index in [4.69, 9.17) is 4.74 Å². The number of ether oxygens (including phenoxy) is 1. The second-order valence-corrected chi connectivity index (χ2v) is 6.44. The summed E-state index contributed by atoms with van der Waals surface area (Å²) in [5, 5.41) is 55.1. The molecule has 2 heterocycles. The molecular weight excluding hydrogens is 362 g/mol. The molecule has 0 saturated carbocycles. The Balaban J connectivity index is 2.13. The summed E-state index contributed by atoms with van der Waals surface area (Å²) in [6.07, 6.45) is -5.45. The van der Waals surface area contributed by atoms with Crippen molar-refractivity contribution in [3.05, 3.63) is 35.0 Å². The Labute approximate surface area is 155 Å². The van der Waals surface area contributed by atoms with Crippen LogP contribution in [0.25, 0.3) is 0 Å². The molecule has 1 fully saturated rings. The molecule has 11 heteroatoms. The number of carboxylic acids is 1. The second kappa shape index (κ2) is 9.15. The molecule has 0 radical (unpaired) electrons. The maximum atomic E-state index is 11.1. The minimum absolute atomic E-state index is 0.334. The second-order valence-electron chi connectivity index (χ2n) is 6.44. The van der Waals surface area contributed by atoms with Gasteiger partial charge in [0.25, 0.3) is 6.23 Å². The summed E-state index contributed by atoms with van der Waals surface area (Å²) in [5.74, 6) is -1.72. The highest BCUT2D eigenvalue weighted by Crippen LogP contribution is 2.25. The topological polar surface area (TPSA) is 167 Å². The van der Waals surface area contributed by atoms with Gasteiger partial charge in [-0.15, -0.1) is 4.91 Å². The van der Waals surface area contributed by atoms with Gasteiger partial charge in [0.05, 0.1) is 17.4 Å². The molecule has 27 heavy (non-hydrogen) atoms. The van der Waals surface area contributed by atoms with E-state index in [0.717, 1.165) is 0 Å². The Bertz CT molecular complexity index is 660. The van der Waals surface area contributed by atoms with Crippen molar-refractivity contribution >= 4 is 5.97 Å². The third kappa shape index (κ3) is 4.96. The first-order valence-electron chi connectivity index (χ1n) is 8.40. The number of aromatic nitrogens is 1. The summed E-state index contributed by atoms with van der Waals surface area (Å²) in [5.41, 5.74) is 0.459. The van der Waals surface area contributed by atoms with Crippen molar-refractivity contribution in [1.82, 2.24) is 5.01 Å². The van der Waals surface area contributed by atoms with Crippen molar-refractivity contribution in [3.8, 4) is 0 Å². The van der Waals surface area contributed by atoms with E-state index in [-0.39, 0.29) is 0 Å². The lowest BCUT2D eigenvalue weighted by atomic mass is 9.97. The van der Waals surface area contributed by atoms with Crippen LogP contribution in [0.5, 0.6) is 0 Å². The summed E-state index contributed by atoms with van der Waals surface area (Å²) in [6, 6.07) is 3.18. The van der Waals surface area contributed by atoms with E-state index in [9.17, 15) is 35.2 Å². The van der Waals surface area contributed by atoms with Gasteiger partial charge in [0.2, 0.25) is 0 Å². The van der Waals surface area contributed by atoms with E-state index >= 15 is 0 Å². The molecule has 0 amide bonds. The van der Waals surface area contributed by atoms with Crippen LogP contribution < -0.4 is 9.67 Å². The number of nitrogens with zero attached hydrogens (tertiary/aromatic N) is 3. The number of nitroso groups, excluding NO2 is 1. The fourth-order valence-corrected chi connectivity index (χ4v) is 2.89. The molecule has 6 atom stereocenters. The van der Waals surface area contributed by atoms with Crippen LogP contribution in [0.15, 0.2) is 29.8 Å². The quantitative estimate of drug-likeness (QED) is 0.209. The number of rotatable bonds is 8. The molecule has 4 N–H and O–H groups in total. The van der Waals surface area contributed by atoms with E-state index in [0.29, 0.717) is 24.9 Å². The molecule has 1 aromatic rings. The number of carboxylic acid groups (broad SMARTS) is 1. The number of hydrogen-bond acceptors (Lipinski definition) is 9. The number of aliphatic hydroxyl groups excluding tert-OH is 4. The van der Waals surface area contributed by atoms with Crippen LogP contribution in [-0.4, -0.2) is 69.4 Å². The molecule has 0 spiro atoms. The number of carbonyl (C=O) groups excluding carboxylic acids is 1.